The van der Waals surface area contributed by atoms with Crippen LogP contribution in [0.15, 0.2) is 18.2 Å². The number of amides is 2. The highest BCUT2D eigenvalue weighted by Crippen LogP contribution is 2.31. The van der Waals surface area contributed by atoms with Crippen LogP contribution in [0, 0.1) is 11.3 Å². The molecule has 1 unspecified atom stereocenters. The van der Waals surface area contributed by atoms with E-state index in [1.807, 2.05) is 13.8 Å². The van der Waals surface area contributed by atoms with Crippen molar-refractivity contribution < 1.29 is 4.79 Å². The number of nitrogens with one attached hydrogen (secondary N) is 2. The van der Waals surface area contributed by atoms with E-state index in [0.717, 1.165) is 5.56 Å². The first-order valence-corrected chi connectivity index (χ1v) is 6.76. The SMILES string of the molecule is CC(C)CN1C(=O)NC(=N)C1c1ccc(Cl)c(Cl)c1. The second kappa shape index (κ2) is 5.39. The zero-order valence-electron chi connectivity index (χ0n) is 10.7. The fourth-order valence-electron chi connectivity index (χ4n) is 2.14. The number of hydrogen-bond acceptors (Lipinski definition) is 2. The van der Waals surface area contributed by atoms with Gasteiger partial charge in [-0.1, -0.05) is 43.1 Å². The van der Waals surface area contributed by atoms with E-state index >= 15 is 0 Å². The molecule has 102 valence electrons. The first kappa shape index (κ1) is 14.2. The van der Waals surface area contributed by atoms with E-state index in [2.05, 4.69) is 5.32 Å². The fourth-order valence-corrected chi connectivity index (χ4v) is 2.45. The molecule has 1 aromatic carbocycles. The van der Waals surface area contributed by atoms with Gasteiger partial charge in [0.25, 0.3) is 0 Å². The maximum atomic E-state index is 11.9. The second-order valence-corrected chi connectivity index (χ2v) is 5.78. The predicted octanol–water partition coefficient (Wildman–Crippen LogP) is 3.69. The van der Waals surface area contributed by atoms with Crippen LogP contribution < -0.4 is 5.32 Å². The molecule has 6 heteroatoms. The van der Waals surface area contributed by atoms with Crippen LogP contribution in [0.1, 0.15) is 25.5 Å². The molecule has 0 bridgehead atoms. The lowest BCUT2D eigenvalue weighted by Crippen LogP contribution is -2.33. The first-order valence-electron chi connectivity index (χ1n) is 6.01. The third-order valence-corrected chi connectivity index (χ3v) is 3.65. The van der Waals surface area contributed by atoms with Crippen LogP contribution in [0.3, 0.4) is 0 Å². The minimum atomic E-state index is -0.412. The molecule has 1 aliphatic rings. The van der Waals surface area contributed by atoms with Crippen LogP contribution in [0.5, 0.6) is 0 Å². The minimum absolute atomic E-state index is 0.170. The maximum Gasteiger partial charge on any atom is 0.323 e. The molecule has 0 radical (unpaired) electrons. The van der Waals surface area contributed by atoms with Crippen molar-refractivity contribution in [1.82, 2.24) is 10.2 Å². The Morgan fingerprint density at radius 3 is 2.63 bits per heavy atom. The van der Waals surface area contributed by atoms with Gasteiger partial charge in [-0.15, -0.1) is 0 Å². The van der Waals surface area contributed by atoms with E-state index < -0.39 is 6.04 Å². The molecule has 0 saturated carbocycles. The van der Waals surface area contributed by atoms with Gasteiger partial charge in [-0.3, -0.25) is 10.7 Å². The summed E-state index contributed by atoms with van der Waals surface area (Å²) in [5.74, 6) is 0.492. The molecule has 1 aliphatic heterocycles. The molecule has 2 N–H and O–H groups in total. The number of hydrogen-bond donors (Lipinski definition) is 2. The summed E-state index contributed by atoms with van der Waals surface area (Å²) in [5, 5.41) is 11.4. The summed E-state index contributed by atoms with van der Waals surface area (Å²) < 4.78 is 0. The summed E-state index contributed by atoms with van der Waals surface area (Å²) in [6.45, 7) is 4.64. The number of carbonyl (C=O) groups excluding carboxylic acids is 1. The third kappa shape index (κ3) is 2.85. The Morgan fingerprint density at radius 2 is 2.05 bits per heavy atom. The normalized spacial score (nSPS) is 19.2. The summed E-state index contributed by atoms with van der Waals surface area (Å²) >= 11 is 11.9. The average Bonchev–Trinajstić information content (AvgIpc) is 2.57. The molecule has 1 saturated heterocycles. The summed E-state index contributed by atoms with van der Waals surface area (Å²) in [5.41, 5.74) is 0.790. The molecular weight excluding hydrogens is 285 g/mol. The van der Waals surface area contributed by atoms with Crippen LogP contribution in [-0.2, 0) is 0 Å². The Balaban J connectivity index is 2.36. The average molecular weight is 300 g/mol. The van der Waals surface area contributed by atoms with Crippen molar-refractivity contribution in [3.63, 3.8) is 0 Å². The highest BCUT2D eigenvalue weighted by Gasteiger charge is 2.37. The van der Waals surface area contributed by atoms with E-state index in [0.29, 0.717) is 22.5 Å². The number of nitrogens with zero attached hydrogens (tertiary/aromatic N) is 1. The lowest BCUT2D eigenvalue weighted by Gasteiger charge is -2.24. The van der Waals surface area contributed by atoms with Gasteiger partial charge in [0.05, 0.1) is 10.0 Å². The summed E-state index contributed by atoms with van der Waals surface area (Å²) in [7, 11) is 0. The smallest absolute Gasteiger partial charge is 0.310 e. The van der Waals surface area contributed by atoms with Crippen molar-refractivity contribution >= 4 is 35.1 Å². The van der Waals surface area contributed by atoms with E-state index in [4.69, 9.17) is 28.6 Å². The van der Waals surface area contributed by atoms with E-state index in [-0.39, 0.29) is 11.9 Å². The molecule has 0 aliphatic carbocycles. The summed E-state index contributed by atoms with van der Waals surface area (Å²) in [6.07, 6.45) is 0. The van der Waals surface area contributed by atoms with Crippen LogP contribution in [0.25, 0.3) is 0 Å². The molecule has 2 amide bonds. The number of urea groups is 1. The summed E-state index contributed by atoms with van der Waals surface area (Å²) in [6, 6.07) is 4.53. The molecule has 2 rings (SSSR count). The van der Waals surface area contributed by atoms with Gasteiger partial charge in [-0.05, 0) is 23.6 Å². The highest BCUT2D eigenvalue weighted by molar-refractivity contribution is 6.42. The molecule has 1 heterocycles. The van der Waals surface area contributed by atoms with Gasteiger partial charge < -0.3 is 4.90 Å². The maximum absolute atomic E-state index is 11.9. The van der Waals surface area contributed by atoms with E-state index in [9.17, 15) is 4.79 Å². The molecule has 4 nitrogen and oxygen atoms in total. The molecule has 1 aromatic rings. The van der Waals surface area contributed by atoms with Crippen molar-refractivity contribution in [2.24, 2.45) is 5.92 Å². The van der Waals surface area contributed by atoms with Crippen molar-refractivity contribution in [1.29, 1.82) is 5.41 Å². The Kier molecular flexibility index (Phi) is 4.02. The Labute approximate surface area is 122 Å². The molecule has 1 fully saturated rings. The topological polar surface area (TPSA) is 56.2 Å². The van der Waals surface area contributed by atoms with Crippen molar-refractivity contribution in [3.8, 4) is 0 Å². The summed E-state index contributed by atoms with van der Waals surface area (Å²) in [4.78, 5) is 13.5. The van der Waals surface area contributed by atoms with Crippen LogP contribution in [-0.4, -0.2) is 23.3 Å². The van der Waals surface area contributed by atoms with Gasteiger partial charge in [-0.2, -0.15) is 0 Å². The predicted molar refractivity (Wildman–Crippen MR) is 77.0 cm³/mol. The van der Waals surface area contributed by atoms with Crippen molar-refractivity contribution in [2.45, 2.75) is 19.9 Å². The van der Waals surface area contributed by atoms with Gasteiger partial charge in [-0.25, -0.2) is 4.79 Å². The standard InChI is InChI=1S/C13H15Cl2N3O/c1-7(2)6-18-11(12(16)17-13(18)19)8-3-4-9(14)10(15)5-8/h3-5,7,11H,6H2,1-2H3,(H2,16,17,19). The van der Waals surface area contributed by atoms with Gasteiger partial charge >= 0.3 is 6.03 Å². The molecule has 0 aromatic heterocycles. The van der Waals surface area contributed by atoms with Crippen LogP contribution in [0.2, 0.25) is 10.0 Å². The lowest BCUT2D eigenvalue weighted by atomic mass is 10.0. The fraction of sp³-hybridized carbons (Fsp3) is 0.385. The molecule has 0 spiro atoms. The van der Waals surface area contributed by atoms with Gasteiger partial charge in [0, 0.05) is 6.54 Å². The number of benzene rings is 1. The highest BCUT2D eigenvalue weighted by atomic mass is 35.5. The van der Waals surface area contributed by atoms with Gasteiger partial charge in [0.1, 0.15) is 11.9 Å². The largest absolute Gasteiger partial charge is 0.323 e. The Morgan fingerprint density at radius 1 is 1.37 bits per heavy atom. The first-order chi connectivity index (χ1) is 8.90. The third-order valence-electron chi connectivity index (χ3n) is 2.91. The molecular formula is C13H15Cl2N3O. The number of halogens is 2. The van der Waals surface area contributed by atoms with Gasteiger partial charge in [0.15, 0.2) is 0 Å². The number of amidine groups is 1. The van der Waals surface area contributed by atoms with Crippen molar-refractivity contribution in [2.75, 3.05) is 6.54 Å². The zero-order valence-corrected chi connectivity index (χ0v) is 12.2. The number of rotatable bonds is 3. The second-order valence-electron chi connectivity index (χ2n) is 4.97. The van der Waals surface area contributed by atoms with Gasteiger partial charge in [0.2, 0.25) is 0 Å². The van der Waals surface area contributed by atoms with E-state index in [1.165, 1.54) is 0 Å². The van der Waals surface area contributed by atoms with Crippen LogP contribution >= 0.6 is 23.2 Å². The van der Waals surface area contributed by atoms with Crippen LogP contribution in [0.4, 0.5) is 4.79 Å². The zero-order chi connectivity index (χ0) is 14.2. The van der Waals surface area contributed by atoms with E-state index in [1.54, 1.807) is 23.1 Å². The monoisotopic (exact) mass is 299 g/mol. The Hall–Kier alpha value is -1.26. The van der Waals surface area contributed by atoms with Crippen molar-refractivity contribution in [3.05, 3.63) is 33.8 Å². The Bertz CT molecular complexity index is 531. The minimum Gasteiger partial charge on any atom is -0.310 e. The molecule has 1 atom stereocenters. The lowest BCUT2D eigenvalue weighted by molar-refractivity contribution is 0.198. The quantitative estimate of drug-likeness (QED) is 0.878. The number of carbonyl (C=O) groups is 1. The molecule has 19 heavy (non-hydrogen) atoms.